The zero-order chi connectivity index (χ0) is 25.5. The summed E-state index contributed by atoms with van der Waals surface area (Å²) < 4.78 is 0. The fraction of sp³-hybridized carbons (Fsp3) is 0.448. The number of hydrogen-bond donors (Lipinski definition) is 2. The van der Waals surface area contributed by atoms with Gasteiger partial charge in [0.1, 0.15) is 0 Å². The van der Waals surface area contributed by atoms with E-state index in [-0.39, 0.29) is 11.8 Å². The van der Waals surface area contributed by atoms with Crippen LogP contribution in [0, 0.1) is 0 Å². The van der Waals surface area contributed by atoms with E-state index in [1.54, 1.807) is 0 Å². The summed E-state index contributed by atoms with van der Waals surface area (Å²) in [6, 6.07) is 17.1. The van der Waals surface area contributed by atoms with Crippen LogP contribution in [0.3, 0.4) is 0 Å². The molecule has 2 amide bonds. The van der Waals surface area contributed by atoms with Crippen molar-refractivity contribution in [3.8, 4) is 0 Å². The zero-order valence-corrected chi connectivity index (χ0v) is 21.8. The van der Waals surface area contributed by atoms with Crippen LogP contribution in [0.4, 0.5) is 11.4 Å². The first-order valence-corrected chi connectivity index (χ1v) is 12.7. The predicted octanol–water partition coefficient (Wildman–Crippen LogP) is 4.95. The molecule has 0 fully saturated rings. The molecule has 0 unspecified atom stereocenters. The molecule has 0 aliphatic heterocycles. The maximum atomic E-state index is 12.0. The Morgan fingerprint density at radius 2 is 1.34 bits per heavy atom. The number of carbonyl (C=O) groups is 2. The molecule has 0 aliphatic carbocycles. The SMILES string of the molecule is CCN(CCCNC(=O)CCCCCNC(C)=O)c1ccc(C=Cc2ccc(N(C)C)cc2)cc1. The number of benzene rings is 2. The number of rotatable bonds is 15. The molecule has 35 heavy (non-hydrogen) atoms. The summed E-state index contributed by atoms with van der Waals surface area (Å²) in [5.74, 6) is 0.110. The summed E-state index contributed by atoms with van der Waals surface area (Å²) in [4.78, 5) is 27.3. The Balaban J connectivity index is 1.69. The maximum Gasteiger partial charge on any atom is 0.219 e. The Morgan fingerprint density at radius 3 is 1.89 bits per heavy atom. The molecule has 2 aromatic rings. The summed E-state index contributed by atoms with van der Waals surface area (Å²) in [5.41, 5.74) is 4.75. The molecule has 0 saturated carbocycles. The maximum absolute atomic E-state index is 12.0. The minimum atomic E-state index is -0.00129. The molecular weight excluding hydrogens is 436 g/mol. The number of nitrogens with zero attached hydrogens (tertiary/aromatic N) is 2. The summed E-state index contributed by atoms with van der Waals surface area (Å²) in [6.45, 7) is 6.88. The van der Waals surface area contributed by atoms with E-state index in [4.69, 9.17) is 0 Å². The molecule has 6 nitrogen and oxygen atoms in total. The second-order valence-corrected chi connectivity index (χ2v) is 8.99. The zero-order valence-electron chi connectivity index (χ0n) is 21.8. The van der Waals surface area contributed by atoms with Crippen LogP contribution in [-0.2, 0) is 9.59 Å². The number of carbonyl (C=O) groups excluding carboxylic acids is 2. The summed E-state index contributed by atoms with van der Waals surface area (Å²) in [7, 11) is 4.09. The van der Waals surface area contributed by atoms with Crippen LogP contribution < -0.4 is 20.4 Å². The van der Waals surface area contributed by atoms with Crippen LogP contribution in [0.1, 0.15) is 57.1 Å². The lowest BCUT2D eigenvalue weighted by Crippen LogP contribution is -2.29. The average molecular weight is 479 g/mol. The summed E-state index contributed by atoms with van der Waals surface area (Å²) in [6.07, 6.45) is 8.45. The van der Waals surface area contributed by atoms with Gasteiger partial charge in [0.25, 0.3) is 0 Å². The molecule has 0 aliphatic rings. The van der Waals surface area contributed by atoms with Gasteiger partial charge in [-0.1, -0.05) is 42.8 Å². The Labute approximate surface area is 211 Å². The van der Waals surface area contributed by atoms with Crippen molar-refractivity contribution in [1.82, 2.24) is 10.6 Å². The van der Waals surface area contributed by atoms with Gasteiger partial charge in [-0.3, -0.25) is 9.59 Å². The fourth-order valence-corrected chi connectivity index (χ4v) is 3.78. The molecule has 6 heteroatoms. The molecule has 0 atom stereocenters. The monoisotopic (exact) mass is 478 g/mol. The van der Waals surface area contributed by atoms with E-state index in [9.17, 15) is 9.59 Å². The van der Waals surface area contributed by atoms with Gasteiger partial charge >= 0.3 is 0 Å². The van der Waals surface area contributed by atoms with E-state index in [2.05, 4.69) is 88.0 Å². The van der Waals surface area contributed by atoms with Crippen molar-refractivity contribution in [3.63, 3.8) is 0 Å². The molecule has 0 heterocycles. The molecule has 0 bridgehead atoms. The lowest BCUT2D eigenvalue weighted by atomic mass is 10.1. The van der Waals surface area contributed by atoms with Crippen molar-refractivity contribution in [2.75, 3.05) is 50.1 Å². The first-order chi connectivity index (χ1) is 16.9. The van der Waals surface area contributed by atoms with E-state index in [1.165, 1.54) is 29.4 Å². The highest BCUT2D eigenvalue weighted by Crippen LogP contribution is 2.18. The highest BCUT2D eigenvalue weighted by Gasteiger charge is 2.05. The molecule has 2 rings (SSSR count). The van der Waals surface area contributed by atoms with Crippen molar-refractivity contribution in [2.24, 2.45) is 0 Å². The number of hydrogen-bond acceptors (Lipinski definition) is 4. The molecule has 0 saturated heterocycles. The third kappa shape index (κ3) is 11.1. The Morgan fingerprint density at radius 1 is 0.771 bits per heavy atom. The Hall–Kier alpha value is -3.28. The van der Waals surface area contributed by atoms with Crippen LogP contribution in [0.15, 0.2) is 48.5 Å². The van der Waals surface area contributed by atoms with Crippen LogP contribution in [0.25, 0.3) is 12.2 Å². The second kappa shape index (κ2) is 15.6. The highest BCUT2D eigenvalue weighted by molar-refractivity contribution is 5.75. The smallest absolute Gasteiger partial charge is 0.219 e. The fourth-order valence-electron chi connectivity index (χ4n) is 3.78. The minimum absolute atomic E-state index is 0.00129. The Bertz CT molecular complexity index is 921. The average Bonchev–Trinajstić information content (AvgIpc) is 2.85. The van der Waals surface area contributed by atoms with Crippen molar-refractivity contribution in [3.05, 3.63) is 59.7 Å². The van der Waals surface area contributed by atoms with E-state index in [0.29, 0.717) is 19.5 Å². The van der Waals surface area contributed by atoms with Gasteiger partial charge < -0.3 is 20.4 Å². The summed E-state index contributed by atoms with van der Waals surface area (Å²) >= 11 is 0. The van der Waals surface area contributed by atoms with Crippen LogP contribution >= 0.6 is 0 Å². The quantitative estimate of drug-likeness (QED) is 0.281. The van der Waals surface area contributed by atoms with Crippen molar-refractivity contribution >= 4 is 35.3 Å². The molecule has 0 radical (unpaired) electrons. The first kappa shape index (κ1) is 28.0. The van der Waals surface area contributed by atoms with E-state index < -0.39 is 0 Å². The molecule has 2 aromatic carbocycles. The van der Waals surface area contributed by atoms with Crippen LogP contribution in [0.5, 0.6) is 0 Å². The topological polar surface area (TPSA) is 64.7 Å². The summed E-state index contributed by atoms with van der Waals surface area (Å²) in [5, 5.41) is 5.80. The predicted molar refractivity (Wildman–Crippen MR) is 149 cm³/mol. The largest absolute Gasteiger partial charge is 0.378 e. The van der Waals surface area contributed by atoms with Crippen molar-refractivity contribution < 1.29 is 9.59 Å². The van der Waals surface area contributed by atoms with Crippen molar-refractivity contribution in [1.29, 1.82) is 0 Å². The second-order valence-electron chi connectivity index (χ2n) is 8.99. The highest BCUT2D eigenvalue weighted by atomic mass is 16.2. The van der Waals surface area contributed by atoms with Gasteiger partial charge in [0.05, 0.1) is 0 Å². The van der Waals surface area contributed by atoms with E-state index in [1.807, 2.05) is 14.1 Å². The van der Waals surface area contributed by atoms with Gasteiger partial charge in [0.2, 0.25) is 11.8 Å². The molecule has 2 N–H and O–H groups in total. The van der Waals surface area contributed by atoms with E-state index in [0.717, 1.165) is 38.8 Å². The lowest BCUT2D eigenvalue weighted by molar-refractivity contribution is -0.121. The number of anilines is 2. The van der Waals surface area contributed by atoms with Crippen molar-refractivity contribution in [2.45, 2.75) is 46.0 Å². The van der Waals surface area contributed by atoms with Gasteiger partial charge in [-0.05, 0) is 61.6 Å². The van der Waals surface area contributed by atoms with E-state index >= 15 is 0 Å². The van der Waals surface area contributed by atoms with Gasteiger partial charge in [-0.25, -0.2) is 0 Å². The minimum Gasteiger partial charge on any atom is -0.378 e. The normalized spacial score (nSPS) is 10.9. The third-order valence-corrected chi connectivity index (χ3v) is 5.90. The van der Waals surface area contributed by atoms with Crippen LogP contribution in [0.2, 0.25) is 0 Å². The molecule has 190 valence electrons. The van der Waals surface area contributed by atoms with Gasteiger partial charge in [-0.2, -0.15) is 0 Å². The first-order valence-electron chi connectivity index (χ1n) is 12.7. The van der Waals surface area contributed by atoms with Crippen LogP contribution in [-0.4, -0.2) is 52.1 Å². The Kier molecular flexibility index (Phi) is 12.5. The molecule has 0 spiro atoms. The lowest BCUT2D eigenvalue weighted by Gasteiger charge is -2.23. The molecule has 0 aromatic heterocycles. The number of unbranched alkanes of at least 4 members (excludes halogenated alkanes) is 2. The van der Waals surface area contributed by atoms with Gasteiger partial charge in [-0.15, -0.1) is 0 Å². The molecular formula is C29H42N4O2. The van der Waals surface area contributed by atoms with Gasteiger partial charge in [0, 0.05) is 65.0 Å². The van der Waals surface area contributed by atoms with Gasteiger partial charge in [0.15, 0.2) is 0 Å². The number of amides is 2. The third-order valence-electron chi connectivity index (χ3n) is 5.90. The standard InChI is InChI=1S/C29H42N4O2/c1-5-33(23-9-22-31-29(35)10-7-6-8-21-30-24(2)34)28-19-15-26(16-20-28)12-11-25-13-17-27(18-14-25)32(3)4/h11-20H,5-10,21-23H2,1-4H3,(H,30,34)(H,31,35). The number of nitrogens with one attached hydrogen (secondary N) is 2.